The van der Waals surface area contributed by atoms with Crippen molar-refractivity contribution in [2.45, 2.75) is 25.3 Å². The summed E-state index contributed by atoms with van der Waals surface area (Å²) in [7, 11) is 0. The highest BCUT2D eigenvalue weighted by molar-refractivity contribution is 9.10. The average molecular weight is 333 g/mol. The SMILES string of the molecule is CCC(CN)(Cc1ccccc1)Nc1ccccc1Br. The molecule has 2 rings (SSSR count). The molecular formula is C17H21BrN2. The Hall–Kier alpha value is -1.32. The number of rotatable bonds is 6. The standard InChI is InChI=1S/C17H21BrN2/c1-2-17(13-19,12-14-8-4-3-5-9-14)20-16-11-7-6-10-15(16)18/h3-11,20H,2,12-13,19H2,1H3. The first-order valence-electron chi connectivity index (χ1n) is 6.96. The highest BCUT2D eigenvalue weighted by Crippen LogP contribution is 2.28. The Kier molecular flexibility index (Phi) is 5.21. The number of nitrogens with one attached hydrogen (secondary N) is 1. The zero-order valence-electron chi connectivity index (χ0n) is 11.8. The summed E-state index contributed by atoms with van der Waals surface area (Å²) in [5, 5.41) is 3.64. The lowest BCUT2D eigenvalue weighted by Crippen LogP contribution is -2.47. The van der Waals surface area contributed by atoms with Crippen LogP contribution in [0.3, 0.4) is 0 Å². The van der Waals surface area contributed by atoms with Gasteiger partial charge in [0.05, 0.1) is 5.54 Å². The Labute approximate surface area is 129 Å². The Balaban J connectivity index is 2.23. The third-order valence-corrected chi connectivity index (χ3v) is 4.42. The minimum Gasteiger partial charge on any atom is -0.377 e. The van der Waals surface area contributed by atoms with Crippen LogP contribution in [0.2, 0.25) is 0 Å². The first-order chi connectivity index (χ1) is 9.69. The van der Waals surface area contributed by atoms with Crippen LogP contribution in [0, 0.1) is 0 Å². The van der Waals surface area contributed by atoms with Gasteiger partial charge in [0.1, 0.15) is 0 Å². The van der Waals surface area contributed by atoms with Gasteiger partial charge in [0, 0.05) is 16.7 Å². The van der Waals surface area contributed by atoms with Crippen molar-refractivity contribution in [3.05, 3.63) is 64.6 Å². The van der Waals surface area contributed by atoms with Gasteiger partial charge >= 0.3 is 0 Å². The van der Waals surface area contributed by atoms with E-state index in [1.165, 1.54) is 5.56 Å². The lowest BCUT2D eigenvalue weighted by molar-refractivity contribution is 0.457. The number of para-hydroxylation sites is 1. The molecule has 2 aromatic carbocycles. The predicted octanol–water partition coefficient (Wildman–Crippen LogP) is 4.21. The molecular weight excluding hydrogens is 312 g/mol. The number of benzene rings is 2. The number of anilines is 1. The van der Waals surface area contributed by atoms with Crippen molar-refractivity contribution < 1.29 is 0 Å². The van der Waals surface area contributed by atoms with Crippen molar-refractivity contribution in [1.29, 1.82) is 0 Å². The van der Waals surface area contributed by atoms with Crippen molar-refractivity contribution in [3.8, 4) is 0 Å². The lowest BCUT2D eigenvalue weighted by atomic mass is 9.88. The van der Waals surface area contributed by atoms with Gasteiger partial charge in [0.2, 0.25) is 0 Å². The number of hydrogen-bond donors (Lipinski definition) is 2. The zero-order chi connectivity index (χ0) is 14.4. The van der Waals surface area contributed by atoms with Crippen molar-refractivity contribution in [3.63, 3.8) is 0 Å². The maximum Gasteiger partial charge on any atom is 0.0533 e. The second-order valence-corrected chi connectivity index (χ2v) is 5.96. The molecule has 0 spiro atoms. The van der Waals surface area contributed by atoms with E-state index in [0.717, 1.165) is 23.0 Å². The molecule has 0 bridgehead atoms. The Bertz CT molecular complexity index is 536. The summed E-state index contributed by atoms with van der Waals surface area (Å²) in [6.45, 7) is 2.78. The van der Waals surface area contributed by atoms with E-state index in [1.54, 1.807) is 0 Å². The number of halogens is 1. The van der Waals surface area contributed by atoms with Crippen molar-refractivity contribution in [2.75, 3.05) is 11.9 Å². The second kappa shape index (κ2) is 6.91. The van der Waals surface area contributed by atoms with Crippen molar-refractivity contribution >= 4 is 21.6 Å². The fourth-order valence-electron chi connectivity index (χ4n) is 2.36. The van der Waals surface area contributed by atoms with Gasteiger partial charge < -0.3 is 11.1 Å². The van der Waals surface area contributed by atoms with Crippen LogP contribution < -0.4 is 11.1 Å². The fraction of sp³-hybridized carbons (Fsp3) is 0.294. The lowest BCUT2D eigenvalue weighted by Gasteiger charge is -2.34. The maximum atomic E-state index is 6.09. The molecule has 106 valence electrons. The molecule has 1 atom stereocenters. The first kappa shape index (κ1) is 15.1. The Morgan fingerprint density at radius 2 is 1.70 bits per heavy atom. The molecule has 0 radical (unpaired) electrons. The molecule has 1 unspecified atom stereocenters. The molecule has 0 heterocycles. The zero-order valence-corrected chi connectivity index (χ0v) is 13.4. The summed E-state index contributed by atoms with van der Waals surface area (Å²) in [5.41, 5.74) is 8.36. The van der Waals surface area contributed by atoms with Gasteiger partial charge in [0.25, 0.3) is 0 Å². The van der Waals surface area contributed by atoms with Crippen LogP contribution in [0.15, 0.2) is 59.1 Å². The second-order valence-electron chi connectivity index (χ2n) is 5.11. The van der Waals surface area contributed by atoms with Gasteiger partial charge in [-0.15, -0.1) is 0 Å². The molecule has 0 aliphatic carbocycles. The largest absolute Gasteiger partial charge is 0.377 e. The molecule has 0 saturated heterocycles. The maximum absolute atomic E-state index is 6.09. The fourth-order valence-corrected chi connectivity index (χ4v) is 2.74. The van der Waals surface area contributed by atoms with Gasteiger partial charge in [-0.2, -0.15) is 0 Å². The minimum atomic E-state index is -0.120. The van der Waals surface area contributed by atoms with Crippen LogP contribution in [0.25, 0.3) is 0 Å². The molecule has 3 heteroatoms. The molecule has 0 aromatic heterocycles. The minimum absolute atomic E-state index is 0.120. The smallest absolute Gasteiger partial charge is 0.0533 e. The van der Waals surface area contributed by atoms with E-state index < -0.39 is 0 Å². The summed E-state index contributed by atoms with van der Waals surface area (Å²) in [5.74, 6) is 0. The van der Waals surface area contributed by atoms with Crippen molar-refractivity contribution in [1.82, 2.24) is 0 Å². The normalized spacial score (nSPS) is 13.8. The summed E-state index contributed by atoms with van der Waals surface area (Å²) >= 11 is 3.59. The first-order valence-corrected chi connectivity index (χ1v) is 7.75. The molecule has 3 N–H and O–H groups in total. The molecule has 0 aliphatic rings. The molecule has 2 aromatic rings. The molecule has 0 saturated carbocycles. The Morgan fingerprint density at radius 3 is 2.30 bits per heavy atom. The van der Waals surface area contributed by atoms with Crippen LogP contribution in [-0.2, 0) is 6.42 Å². The van der Waals surface area contributed by atoms with E-state index in [0.29, 0.717) is 6.54 Å². The van der Waals surface area contributed by atoms with Gasteiger partial charge in [-0.25, -0.2) is 0 Å². The van der Waals surface area contributed by atoms with Crippen LogP contribution in [0.4, 0.5) is 5.69 Å². The van der Waals surface area contributed by atoms with Crippen molar-refractivity contribution in [2.24, 2.45) is 5.73 Å². The van der Waals surface area contributed by atoms with E-state index in [-0.39, 0.29) is 5.54 Å². The molecule has 0 fully saturated rings. The summed E-state index contributed by atoms with van der Waals surface area (Å²) < 4.78 is 1.07. The van der Waals surface area contributed by atoms with Crippen LogP contribution in [0.5, 0.6) is 0 Å². The topological polar surface area (TPSA) is 38.0 Å². The number of nitrogens with two attached hydrogens (primary N) is 1. The summed E-state index contributed by atoms with van der Waals surface area (Å²) in [6, 6.07) is 18.7. The third-order valence-electron chi connectivity index (χ3n) is 3.73. The summed E-state index contributed by atoms with van der Waals surface area (Å²) in [6.07, 6.45) is 1.89. The number of hydrogen-bond acceptors (Lipinski definition) is 2. The summed E-state index contributed by atoms with van der Waals surface area (Å²) in [4.78, 5) is 0. The quantitative estimate of drug-likeness (QED) is 0.831. The van der Waals surface area contributed by atoms with E-state index in [9.17, 15) is 0 Å². The van der Waals surface area contributed by atoms with Gasteiger partial charge in [0.15, 0.2) is 0 Å². The monoisotopic (exact) mass is 332 g/mol. The third kappa shape index (κ3) is 3.62. The van der Waals surface area contributed by atoms with E-state index >= 15 is 0 Å². The molecule has 0 amide bonds. The van der Waals surface area contributed by atoms with E-state index in [1.807, 2.05) is 24.3 Å². The molecule has 2 nitrogen and oxygen atoms in total. The van der Waals surface area contributed by atoms with Gasteiger partial charge in [-0.1, -0.05) is 49.4 Å². The predicted molar refractivity (Wildman–Crippen MR) is 90.0 cm³/mol. The molecule has 20 heavy (non-hydrogen) atoms. The van der Waals surface area contributed by atoms with E-state index in [4.69, 9.17) is 5.73 Å². The van der Waals surface area contributed by atoms with Gasteiger partial charge in [-0.3, -0.25) is 0 Å². The Morgan fingerprint density at radius 1 is 1.05 bits per heavy atom. The van der Waals surface area contributed by atoms with Crippen LogP contribution in [0.1, 0.15) is 18.9 Å². The highest BCUT2D eigenvalue weighted by atomic mass is 79.9. The molecule has 0 aliphatic heterocycles. The van der Waals surface area contributed by atoms with Crippen LogP contribution in [-0.4, -0.2) is 12.1 Å². The van der Waals surface area contributed by atoms with Crippen LogP contribution >= 0.6 is 15.9 Å². The van der Waals surface area contributed by atoms with Gasteiger partial charge in [-0.05, 0) is 46.5 Å². The van der Waals surface area contributed by atoms with E-state index in [2.05, 4.69) is 58.5 Å². The highest BCUT2D eigenvalue weighted by Gasteiger charge is 2.27. The average Bonchev–Trinajstić information content (AvgIpc) is 2.50.